The average molecular weight is 322 g/mol. The number of methoxy groups -OCH3 is 1. The van der Waals surface area contributed by atoms with Crippen LogP contribution in [0, 0.1) is 0 Å². The van der Waals surface area contributed by atoms with Crippen molar-refractivity contribution >= 4 is 35.1 Å². The van der Waals surface area contributed by atoms with Crippen molar-refractivity contribution in [2.75, 3.05) is 17.7 Å². The van der Waals surface area contributed by atoms with Crippen molar-refractivity contribution in [2.45, 2.75) is 12.5 Å². The van der Waals surface area contributed by atoms with Gasteiger partial charge in [-0.3, -0.25) is 14.9 Å². The van der Waals surface area contributed by atoms with E-state index in [-0.39, 0.29) is 18.2 Å². The van der Waals surface area contributed by atoms with Crippen LogP contribution in [-0.4, -0.2) is 33.7 Å². The van der Waals surface area contributed by atoms with Gasteiger partial charge in [-0.2, -0.15) is 10.1 Å². The fourth-order valence-corrected chi connectivity index (χ4v) is 2.38. The molecular weight excluding hydrogens is 310 g/mol. The normalized spacial score (nSPS) is 16.1. The Hall–Kier alpha value is -2.61. The van der Waals surface area contributed by atoms with E-state index in [4.69, 9.17) is 16.3 Å². The van der Waals surface area contributed by atoms with Crippen LogP contribution in [-0.2, 0) is 9.59 Å². The van der Waals surface area contributed by atoms with Gasteiger partial charge < -0.3 is 10.1 Å². The zero-order valence-electron chi connectivity index (χ0n) is 11.5. The first kappa shape index (κ1) is 14.3. The Morgan fingerprint density at radius 3 is 3.14 bits per heavy atom. The molecule has 0 bridgehead atoms. The number of carbonyl (C=O) groups excluding carboxylic acids is 2. The Bertz CT molecular complexity index is 745. The highest BCUT2D eigenvalue weighted by molar-refractivity contribution is 6.31. The number of nitrogens with one attached hydrogen (secondary N) is 2. The number of carbonyl (C=O) groups is 2. The summed E-state index contributed by atoms with van der Waals surface area (Å²) < 4.78 is 6.54. The van der Waals surface area contributed by atoms with E-state index in [0.29, 0.717) is 22.4 Å². The number of anilines is 2. The van der Waals surface area contributed by atoms with Gasteiger partial charge >= 0.3 is 0 Å². The van der Waals surface area contributed by atoms with Crippen LogP contribution in [0.15, 0.2) is 24.5 Å². The summed E-state index contributed by atoms with van der Waals surface area (Å²) in [6.07, 6.45) is 1.25. The van der Waals surface area contributed by atoms with E-state index in [1.807, 2.05) is 0 Å². The molecule has 2 N–H and O–H groups in total. The van der Waals surface area contributed by atoms with Crippen LogP contribution in [0.4, 0.5) is 11.6 Å². The highest BCUT2D eigenvalue weighted by atomic mass is 35.5. The molecule has 0 fully saturated rings. The molecule has 1 atom stereocenters. The molecule has 22 heavy (non-hydrogen) atoms. The molecule has 8 nitrogen and oxygen atoms in total. The minimum absolute atomic E-state index is 0.0716. The number of hydrogen-bond donors (Lipinski definition) is 2. The minimum Gasteiger partial charge on any atom is -0.495 e. The maximum Gasteiger partial charge on any atom is 0.252 e. The van der Waals surface area contributed by atoms with Gasteiger partial charge in [-0.05, 0) is 18.2 Å². The summed E-state index contributed by atoms with van der Waals surface area (Å²) >= 11 is 5.91. The van der Waals surface area contributed by atoms with E-state index in [0.717, 1.165) is 0 Å². The van der Waals surface area contributed by atoms with Crippen molar-refractivity contribution in [3.05, 3.63) is 29.5 Å². The standard InChI is InChI=1S/C13H12ClN5O3/c1-22-10-3-2-7(14)4-8(10)17-11(20)5-9-12(21)18-13-15-6-16-19(9)13/h2-4,6,9H,5H2,1H3,(H,17,20)(H,15,16,18,21). The lowest BCUT2D eigenvalue weighted by Gasteiger charge is -2.12. The first-order chi connectivity index (χ1) is 10.6. The summed E-state index contributed by atoms with van der Waals surface area (Å²) in [7, 11) is 1.49. The molecule has 1 aromatic heterocycles. The molecule has 2 aromatic rings. The second kappa shape index (κ2) is 5.64. The van der Waals surface area contributed by atoms with Crippen molar-refractivity contribution < 1.29 is 14.3 Å². The number of benzene rings is 1. The molecule has 1 unspecified atom stereocenters. The number of hydrogen-bond acceptors (Lipinski definition) is 5. The Balaban J connectivity index is 1.74. The molecule has 1 aliphatic heterocycles. The lowest BCUT2D eigenvalue weighted by molar-refractivity contribution is -0.123. The van der Waals surface area contributed by atoms with E-state index in [1.165, 1.54) is 18.1 Å². The Kier molecular flexibility index (Phi) is 3.68. The van der Waals surface area contributed by atoms with E-state index in [2.05, 4.69) is 20.7 Å². The smallest absolute Gasteiger partial charge is 0.252 e. The molecule has 9 heteroatoms. The van der Waals surface area contributed by atoms with Gasteiger partial charge in [0.1, 0.15) is 18.1 Å². The quantitative estimate of drug-likeness (QED) is 0.888. The van der Waals surface area contributed by atoms with Gasteiger partial charge in [-0.15, -0.1) is 0 Å². The predicted molar refractivity (Wildman–Crippen MR) is 78.9 cm³/mol. The molecule has 0 saturated carbocycles. The molecule has 2 amide bonds. The number of aromatic nitrogens is 3. The van der Waals surface area contributed by atoms with Crippen molar-refractivity contribution in [3.63, 3.8) is 0 Å². The van der Waals surface area contributed by atoms with Gasteiger partial charge in [0, 0.05) is 5.02 Å². The molecule has 1 aliphatic rings. The highest BCUT2D eigenvalue weighted by Gasteiger charge is 2.33. The molecule has 114 valence electrons. The lowest BCUT2D eigenvalue weighted by Crippen LogP contribution is -2.23. The first-order valence-corrected chi connectivity index (χ1v) is 6.80. The van der Waals surface area contributed by atoms with E-state index in [9.17, 15) is 9.59 Å². The molecule has 1 aromatic carbocycles. The summed E-state index contributed by atoms with van der Waals surface area (Å²) in [5, 5.41) is 9.63. The van der Waals surface area contributed by atoms with Gasteiger partial charge in [0.05, 0.1) is 19.2 Å². The Morgan fingerprint density at radius 2 is 2.36 bits per heavy atom. The molecule has 0 aliphatic carbocycles. The van der Waals surface area contributed by atoms with Crippen LogP contribution in [0.5, 0.6) is 5.75 Å². The van der Waals surface area contributed by atoms with Crippen molar-refractivity contribution in [3.8, 4) is 5.75 Å². The first-order valence-electron chi connectivity index (χ1n) is 6.42. The molecular formula is C13H12ClN5O3. The molecule has 0 spiro atoms. The third kappa shape index (κ3) is 2.60. The largest absolute Gasteiger partial charge is 0.495 e. The van der Waals surface area contributed by atoms with Gasteiger partial charge in [-0.1, -0.05) is 11.6 Å². The Morgan fingerprint density at radius 1 is 1.55 bits per heavy atom. The summed E-state index contributed by atoms with van der Waals surface area (Å²) in [5.74, 6) is 0.145. The molecule has 3 rings (SSSR count). The maximum absolute atomic E-state index is 12.2. The van der Waals surface area contributed by atoms with Gasteiger partial charge in [0.2, 0.25) is 11.9 Å². The number of rotatable bonds is 4. The summed E-state index contributed by atoms with van der Waals surface area (Å²) in [5.41, 5.74) is 0.442. The highest BCUT2D eigenvalue weighted by Crippen LogP contribution is 2.29. The summed E-state index contributed by atoms with van der Waals surface area (Å²) in [4.78, 5) is 27.9. The van der Waals surface area contributed by atoms with Crippen LogP contribution >= 0.6 is 11.6 Å². The fraction of sp³-hybridized carbons (Fsp3) is 0.231. The SMILES string of the molecule is COc1ccc(Cl)cc1NC(=O)CC1C(=O)Nc2ncnn21. The second-order valence-electron chi connectivity index (χ2n) is 4.63. The van der Waals surface area contributed by atoms with Crippen molar-refractivity contribution in [2.24, 2.45) is 0 Å². The lowest BCUT2D eigenvalue weighted by atomic mass is 10.2. The summed E-state index contributed by atoms with van der Waals surface area (Å²) in [6, 6.07) is 4.16. The zero-order valence-corrected chi connectivity index (χ0v) is 12.3. The number of fused-ring (bicyclic) bond motifs is 1. The monoisotopic (exact) mass is 321 g/mol. The zero-order chi connectivity index (χ0) is 15.7. The van der Waals surface area contributed by atoms with Crippen LogP contribution < -0.4 is 15.4 Å². The van der Waals surface area contributed by atoms with Crippen molar-refractivity contribution in [1.82, 2.24) is 14.8 Å². The molecule has 2 heterocycles. The summed E-state index contributed by atoms with van der Waals surface area (Å²) in [6.45, 7) is 0. The molecule has 0 radical (unpaired) electrons. The molecule has 0 saturated heterocycles. The topological polar surface area (TPSA) is 98.1 Å². The number of ether oxygens (including phenoxy) is 1. The van der Waals surface area contributed by atoms with Crippen LogP contribution in [0.3, 0.4) is 0 Å². The number of nitrogens with zero attached hydrogens (tertiary/aromatic N) is 3. The van der Waals surface area contributed by atoms with E-state index in [1.54, 1.807) is 18.2 Å². The van der Waals surface area contributed by atoms with E-state index < -0.39 is 6.04 Å². The van der Waals surface area contributed by atoms with Gasteiger partial charge in [-0.25, -0.2) is 4.68 Å². The van der Waals surface area contributed by atoms with Crippen LogP contribution in [0.1, 0.15) is 12.5 Å². The third-order valence-electron chi connectivity index (χ3n) is 3.22. The van der Waals surface area contributed by atoms with Crippen LogP contribution in [0.25, 0.3) is 0 Å². The minimum atomic E-state index is -0.720. The number of amides is 2. The predicted octanol–water partition coefficient (Wildman–Crippen LogP) is 1.46. The maximum atomic E-state index is 12.2. The van der Waals surface area contributed by atoms with Crippen LogP contribution in [0.2, 0.25) is 5.02 Å². The Labute approximate surface area is 130 Å². The average Bonchev–Trinajstić information content (AvgIpc) is 3.02. The van der Waals surface area contributed by atoms with Gasteiger partial charge in [0.15, 0.2) is 0 Å². The number of halogens is 1. The fourth-order valence-electron chi connectivity index (χ4n) is 2.21. The second-order valence-corrected chi connectivity index (χ2v) is 5.07. The van der Waals surface area contributed by atoms with Crippen molar-refractivity contribution in [1.29, 1.82) is 0 Å². The van der Waals surface area contributed by atoms with Gasteiger partial charge in [0.25, 0.3) is 5.91 Å². The van der Waals surface area contributed by atoms with E-state index >= 15 is 0 Å². The third-order valence-corrected chi connectivity index (χ3v) is 3.46.